The number of benzene rings is 1. The highest BCUT2D eigenvalue weighted by Gasteiger charge is 2.31. The van der Waals surface area contributed by atoms with Gasteiger partial charge in [-0.25, -0.2) is 0 Å². The minimum absolute atomic E-state index is 0.0897. The Morgan fingerprint density at radius 2 is 1.88 bits per heavy atom. The third-order valence-electron chi connectivity index (χ3n) is 2.28. The first-order valence-electron chi connectivity index (χ1n) is 5.40. The monoisotopic (exact) mass is 265 g/mol. The van der Waals surface area contributed by atoms with Crippen LogP contribution in [0.3, 0.4) is 0 Å². The second-order valence-corrected chi connectivity index (χ2v) is 4.77. The van der Waals surface area contributed by atoms with Crippen LogP contribution in [0.4, 0.5) is 18.9 Å². The number of anilines is 1. The van der Waals surface area contributed by atoms with E-state index in [1.54, 1.807) is 0 Å². The lowest BCUT2D eigenvalue weighted by molar-refractivity contribution is -0.137. The molecule has 0 bridgehead atoms. The van der Waals surface area contributed by atoms with Crippen LogP contribution >= 0.6 is 11.6 Å². The van der Waals surface area contributed by atoms with E-state index in [1.165, 1.54) is 6.07 Å². The quantitative estimate of drug-likeness (QED) is 0.823. The molecule has 0 aliphatic heterocycles. The van der Waals surface area contributed by atoms with Gasteiger partial charge in [0.2, 0.25) is 0 Å². The minimum Gasteiger partial charge on any atom is -0.385 e. The van der Waals surface area contributed by atoms with E-state index in [2.05, 4.69) is 19.2 Å². The summed E-state index contributed by atoms with van der Waals surface area (Å²) < 4.78 is 37.5. The van der Waals surface area contributed by atoms with Gasteiger partial charge in [0.05, 0.1) is 5.56 Å². The summed E-state index contributed by atoms with van der Waals surface area (Å²) in [6.45, 7) is 4.75. The van der Waals surface area contributed by atoms with E-state index >= 15 is 0 Å². The van der Waals surface area contributed by atoms with Crippen molar-refractivity contribution in [1.29, 1.82) is 0 Å². The molecular weight excluding hydrogens is 251 g/mol. The molecule has 0 aliphatic carbocycles. The van der Waals surface area contributed by atoms with Crippen LogP contribution in [-0.4, -0.2) is 6.54 Å². The third kappa shape index (κ3) is 4.86. The maximum Gasteiger partial charge on any atom is 0.416 e. The van der Waals surface area contributed by atoms with Crippen LogP contribution < -0.4 is 5.32 Å². The molecule has 96 valence electrons. The normalized spacial score (nSPS) is 11.9. The lowest BCUT2D eigenvalue weighted by Crippen LogP contribution is -2.08. The third-order valence-corrected chi connectivity index (χ3v) is 2.49. The molecule has 0 saturated carbocycles. The molecule has 0 aromatic heterocycles. The van der Waals surface area contributed by atoms with Crippen molar-refractivity contribution >= 4 is 17.3 Å². The molecule has 0 aliphatic rings. The summed E-state index contributed by atoms with van der Waals surface area (Å²) in [7, 11) is 0. The van der Waals surface area contributed by atoms with Gasteiger partial charge in [0, 0.05) is 17.3 Å². The zero-order valence-electron chi connectivity index (χ0n) is 9.74. The molecule has 17 heavy (non-hydrogen) atoms. The van der Waals surface area contributed by atoms with E-state index in [0.29, 0.717) is 18.2 Å². The average Bonchev–Trinajstić information content (AvgIpc) is 2.14. The van der Waals surface area contributed by atoms with Crippen LogP contribution in [0.2, 0.25) is 5.02 Å². The maximum atomic E-state index is 12.5. The number of hydrogen-bond donors (Lipinski definition) is 1. The lowest BCUT2D eigenvalue weighted by Gasteiger charge is -2.12. The zero-order chi connectivity index (χ0) is 13.1. The first-order chi connectivity index (χ1) is 7.79. The topological polar surface area (TPSA) is 12.0 Å². The largest absolute Gasteiger partial charge is 0.416 e. The Morgan fingerprint density at radius 3 is 2.41 bits per heavy atom. The zero-order valence-corrected chi connectivity index (χ0v) is 10.5. The minimum atomic E-state index is -4.36. The van der Waals surface area contributed by atoms with Gasteiger partial charge in [0.15, 0.2) is 0 Å². The molecule has 5 heteroatoms. The van der Waals surface area contributed by atoms with E-state index < -0.39 is 11.7 Å². The van der Waals surface area contributed by atoms with Gasteiger partial charge in [-0.2, -0.15) is 13.2 Å². The van der Waals surface area contributed by atoms with Gasteiger partial charge in [-0.3, -0.25) is 0 Å². The number of rotatable bonds is 4. The summed E-state index contributed by atoms with van der Waals surface area (Å²) in [5.41, 5.74) is -0.317. The average molecular weight is 266 g/mol. The van der Waals surface area contributed by atoms with Crippen LogP contribution in [0.5, 0.6) is 0 Å². The molecule has 1 rings (SSSR count). The van der Waals surface area contributed by atoms with Crippen LogP contribution in [0.1, 0.15) is 25.8 Å². The Labute approximate surface area is 104 Å². The number of halogens is 4. The number of alkyl halides is 3. The van der Waals surface area contributed by atoms with Crippen LogP contribution in [-0.2, 0) is 6.18 Å². The van der Waals surface area contributed by atoms with Crippen LogP contribution in [0, 0.1) is 5.92 Å². The van der Waals surface area contributed by atoms with Gasteiger partial charge >= 0.3 is 6.18 Å². The lowest BCUT2D eigenvalue weighted by atomic mass is 10.1. The van der Waals surface area contributed by atoms with Crippen molar-refractivity contribution in [2.75, 3.05) is 11.9 Å². The second-order valence-electron chi connectivity index (χ2n) is 4.34. The van der Waals surface area contributed by atoms with Gasteiger partial charge in [0.25, 0.3) is 0 Å². The van der Waals surface area contributed by atoms with Crippen molar-refractivity contribution in [3.05, 3.63) is 28.8 Å². The van der Waals surface area contributed by atoms with E-state index in [9.17, 15) is 13.2 Å². The molecule has 0 saturated heterocycles. The molecule has 0 unspecified atom stereocenters. The van der Waals surface area contributed by atoms with Crippen molar-refractivity contribution in [2.24, 2.45) is 5.92 Å². The molecule has 1 nitrogen and oxygen atoms in total. The maximum absolute atomic E-state index is 12.5. The van der Waals surface area contributed by atoms with Gasteiger partial charge < -0.3 is 5.32 Å². The first kappa shape index (κ1) is 14.2. The van der Waals surface area contributed by atoms with Gasteiger partial charge in [-0.1, -0.05) is 25.4 Å². The molecule has 0 fully saturated rings. The van der Waals surface area contributed by atoms with Crippen LogP contribution in [0.25, 0.3) is 0 Å². The summed E-state index contributed by atoms with van der Waals surface area (Å²) in [6, 6.07) is 3.50. The Hall–Kier alpha value is -0.900. The molecule has 0 amide bonds. The number of hydrogen-bond acceptors (Lipinski definition) is 1. The van der Waals surface area contributed by atoms with Gasteiger partial charge in [-0.05, 0) is 30.5 Å². The molecular formula is C12H15ClF3N. The SMILES string of the molecule is CC(C)CCNc1cc(Cl)cc(C(F)(F)F)c1. The van der Waals surface area contributed by atoms with E-state index in [1.807, 2.05) is 0 Å². The van der Waals surface area contributed by atoms with E-state index in [-0.39, 0.29) is 5.02 Å². The number of nitrogens with one attached hydrogen (secondary N) is 1. The van der Waals surface area contributed by atoms with Crippen molar-refractivity contribution in [2.45, 2.75) is 26.4 Å². The van der Waals surface area contributed by atoms with Crippen LogP contribution in [0.15, 0.2) is 18.2 Å². The standard InChI is InChI=1S/C12H15ClF3N/c1-8(2)3-4-17-11-6-9(12(14,15)16)5-10(13)7-11/h5-8,17H,3-4H2,1-2H3. The first-order valence-corrected chi connectivity index (χ1v) is 5.78. The fourth-order valence-corrected chi connectivity index (χ4v) is 1.60. The van der Waals surface area contributed by atoms with Crippen molar-refractivity contribution in [3.63, 3.8) is 0 Å². The van der Waals surface area contributed by atoms with Gasteiger partial charge in [0.1, 0.15) is 0 Å². The van der Waals surface area contributed by atoms with E-state index in [0.717, 1.165) is 18.6 Å². The fourth-order valence-electron chi connectivity index (χ4n) is 1.36. The van der Waals surface area contributed by atoms with Gasteiger partial charge in [-0.15, -0.1) is 0 Å². The van der Waals surface area contributed by atoms with Crippen molar-refractivity contribution in [1.82, 2.24) is 0 Å². The highest BCUT2D eigenvalue weighted by atomic mass is 35.5. The Kier molecular flexibility index (Phi) is 4.69. The highest BCUT2D eigenvalue weighted by Crippen LogP contribution is 2.33. The summed E-state index contributed by atoms with van der Waals surface area (Å²) in [5.74, 6) is 0.503. The second kappa shape index (κ2) is 5.63. The summed E-state index contributed by atoms with van der Waals surface area (Å²) in [4.78, 5) is 0. The molecule has 1 aromatic carbocycles. The fraction of sp³-hybridized carbons (Fsp3) is 0.500. The van der Waals surface area contributed by atoms with E-state index in [4.69, 9.17) is 11.6 Å². The molecule has 1 N–H and O–H groups in total. The predicted molar refractivity (Wildman–Crippen MR) is 64.4 cm³/mol. The Morgan fingerprint density at radius 1 is 1.24 bits per heavy atom. The smallest absolute Gasteiger partial charge is 0.385 e. The summed E-state index contributed by atoms with van der Waals surface area (Å²) in [6.07, 6.45) is -3.47. The predicted octanol–water partition coefficient (Wildman–Crippen LogP) is 4.82. The summed E-state index contributed by atoms with van der Waals surface area (Å²) >= 11 is 5.66. The molecule has 0 spiro atoms. The molecule has 0 radical (unpaired) electrons. The van der Waals surface area contributed by atoms with Crippen molar-refractivity contribution < 1.29 is 13.2 Å². The summed E-state index contributed by atoms with van der Waals surface area (Å²) in [5, 5.41) is 3.03. The Bertz CT molecular complexity index is 375. The highest BCUT2D eigenvalue weighted by molar-refractivity contribution is 6.30. The molecule has 0 atom stereocenters. The molecule has 1 aromatic rings. The van der Waals surface area contributed by atoms with Crippen molar-refractivity contribution in [3.8, 4) is 0 Å². The Balaban J connectivity index is 2.76. The molecule has 0 heterocycles.